The van der Waals surface area contributed by atoms with Crippen LogP contribution in [-0.2, 0) is 11.0 Å². The van der Waals surface area contributed by atoms with Gasteiger partial charge in [0.05, 0.1) is 17.1 Å². The molecule has 0 bridgehead atoms. The summed E-state index contributed by atoms with van der Waals surface area (Å²) in [7, 11) is 0. The summed E-state index contributed by atoms with van der Waals surface area (Å²) in [5.41, 5.74) is -0.403. The molecule has 0 spiro atoms. The summed E-state index contributed by atoms with van der Waals surface area (Å²) < 4.78 is 50.0. The lowest BCUT2D eigenvalue weighted by Gasteiger charge is -2.31. The molecule has 2 heterocycles. The molecule has 1 saturated heterocycles. The molecule has 10 heteroatoms. The van der Waals surface area contributed by atoms with Crippen LogP contribution in [0.15, 0.2) is 36.4 Å². The number of nitrogens with zero attached hydrogens (tertiary/aromatic N) is 1. The lowest BCUT2D eigenvalue weighted by Crippen LogP contribution is -2.40. The van der Waals surface area contributed by atoms with Gasteiger partial charge in [-0.2, -0.15) is 13.2 Å². The first-order valence-electron chi connectivity index (χ1n) is 10.5. The summed E-state index contributed by atoms with van der Waals surface area (Å²) in [5.74, 6) is 0.621. The Hall–Kier alpha value is -2.78. The van der Waals surface area contributed by atoms with E-state index in [0.29, 0.717) is 56.2 Å². The van der Waals surface area contributed by atoms with Crippen molar-refractivity contribution in [2.45, 2.75) is 19.0 Å². The van der Waals surface area contributed by atoms with Gasteiger partial charge in [0, 0.05) is 17.2 Å². The summed E-state index contributed by atoms with van der Waals surface area (Å²) in [6.45, 7) is 2.01. The maximum Gasteiger partial charge on any atom is 0.417 e. The predicted molar refractivity (Wildman–Crippen MR) is 116 cm³/mol. The molecular weight excluding hydrogens is 461 g/mol. The molecule has 0 unspecified atom stereocenters. The van der Waals surface area contributed by atoms with Crippen LogP contribution >= 0.6 is 11.6 Å². The molecule has 1 fully saturated rings. The number of carbonyl (C=O) groups is 2. The van der Waals surface area contributed by atoms with Gasteiger partial charge in [-0.15, -0.1) is 0 Å². The van der Waals surface area contributed by atoms with Crippen molar-refractivity contribution in [2.75, 3.05) is 38.2 Å². The molecule has 6 nitrogen and oxygen atoms in total. The molecule has 0 atom stereocenters. The van der Waals surface area contributed by atoms with Crippen LogP contribution in [0, 0.1) is 5.92 Å². The number of anilines is 1. The van der Waals surface area contributed by atoms with Gasteiger partial charge < -0.3 is 14.8 Å². The number of hydrogen-bond donors (Lipinski definition) is 1. The molecule has 33 heavy (non-hydrogen) atoms. The highest BCUT2D eigenvalue weighted by Gasteiger charge is 2.33. The highest BCUT2D eigenvalue weighted by Crippen LogP contribution is 2.36. The van der Waals surface area contributed by atoms with Gasteiger partial charge in [0.1, 0.15) is 13.2 Å². The van der Waals surface area contributed by atoms with E-state index in [1.165, 1.54) is 6.07 Å². The van der Waals surface area contributed by atoms with E-state index in [-0.39, 0.29) is 23.9 Å². The maximum absolute atomic E-state index is 13.0. The molecule has 1 N–H and O–H groups in total. The second kappa shape index (κ2) is 9.61. The van der Waals surface area contributed by atoms with Crippen LogP contribution in [-0.4, -0.2) is 49.4 Å². The summed E-state index contributed by atoms with van der Waals surface area (Å²) in [5, 5.41) is 2.06. The lowest BCUT2D eigenvalue weighted by molar-refractivity contribution is -0.137. The average molecular weight is 483 g/mol. The van der Waals surface area contributed by atoms with Gasteiger partial charge in [-0.25, -0.2) is 0 Å². The smallest absolute Gasteiger partial charge is 0.417 e. The zero-order valence-corrected chi connectivity index (χ0v) is 18.3. The standard InChI is InChI=1S/C23H22ClF3N2O4/c24-18-3-2-16(12-17(18)23(25,26)27)28-21(30)13-29-7-5-14(6-8-29)22(31)15-1-4-19-20(11-15)33-10-9-32-19/h1-4,11-12,14H,5-10,13H2,(H,28,30). The largest absolute Gasteiger partial charge is 0.486 e. The molecule has 176 valence electrons. The predicted octanol–water partition coefficient (Wildman–Crippen LogP) is 4.66. The first kappa shape index (κ1) is 23.4. The van der Waals surface area contributed by atoms with Crippen molar-refractivity contribution in [3.8, 4) is 11.5 Å². The third-order valence-electron chi connectivity index (χ3n) is 5.71. The monoisotopic (exact) mass is 482 g/mol. The summed E-state index contributed by atoms with van der Waals surface area (Å²) in [6, 6.07) is 8.43. The molecule has 0 aromatic heterocycles. The summed E-state index contributed by atoms with van der Waals surface area (Å²) in [6.07, 6.45) is -3.44. The quantitative estimate of drug-likeness (QED) is 0.628. The Morgan fingerprint density at radius 2 is 1.73 bits per heavy atom. The number of halogens is 4. The fraction of sp³-hybridized carbons (Fsp3) is 0.391. The Morgan fingerprint density at radius 1 is 1.03 bits per heavy atom. The van der Waals surface area contributed by atoms with Crippen molar-refractivity contribution in [3.05, 3.63) is 52.5 Å². The number of piperidine rings is 1. The zero-order chi connectivity index (χ0) is 23.6. The number of benzene rings is 2. The Labute approximate surface area is 193 Å². The molecule has 0 aliphatic carbocycles. The first-order valence-corrected chi connectivity index (χ1v) is 10.9. The third kappa shape index (κ3) is 5.59. The van der Waals surface area contributed by atoms with Crippen molar-refractivity contribution in [3.63, 3.8) is 0 Å². The normalized spacial score (nSPS) is 17.0. The van der Waals surface area contributed by atoms with E-state index in [1.807, 2.05) is 4.90 Å². The molecular formula is C23H22ClF3N2O4. The maximum atomic E-state index is 13.0. The summed E-state index contributed by atoms with van der Waals surface area (Å²) in [4.78, 5) is 27.1. The molecule has 2 aliphatic rings. The van der Waals surface area contributed by atoms with Crippen molar-refractivity contribution in [1.82, 2.24) is 4.90 Å². The summed E-state index contributed by atoms with van der Waals surface area (Å²) >= 11 is 5.61. The van der Waals surface area contributed by atoms with Gasteiger partial charge >= 0.3 is 6.18 Å². The second-order valence-corrected chi connectivity index (χ2v) is 8.42. The second-order valence-electron chi connectivity index (χ2n) is 8.01. The van der Waals surface area contributed by atoms with Crippen molar-refractivity contribution in [2.24, 2.45) is 5.92 Å². The van der Waals surface area contributed by atoms with Crippen molar-refractivity contribution < 1.29 is 32.2 Å². The highest BCUT2D eigenvalue weighted by molar-refractivity contribution is 6.31. The number of hydrogen-bond acceptors (Lipinski definition) is 5. The molecule has 2 aliphatic heterocycles. The number of likely N-dealkylation sites (tertiary alicyclic amines) is 1. The molecule has 1 amide bonds. The first-order chi connectivity index (χ1) is 15.7. The van der Waals surface area contributed by atoms with Crippen molar-refractivity contribution >= 4 is 29.0 Å². The van der Waals surface area contributed by atoms with Gasteiger partial charge in [-0.3, -0.25) is 14.5 Å². The van der Waals surface area contributed by atoms with Crippen LogP contribution in [0.1, 0.15) is 28.8 Å². The molecule has 2 aromatic rings. The minimum Gasteiger partial charge on any atom is -0.486 e. The topological polar surface area (TPSA) is 67.9 Å². The molecule has 0 saturated carbocycles. The lowest BCUT2D eigenvalue weighted by atomic mass is 9.88. The van der Waals surface area contributed by atoms with Gasteiger partial charge in [0.25, 0.3) is 0 Å². The Morgan fingerprint density at radius 3 is 2.42 bits per heavy atom. The van der Waals surface area contributed by atoms with Crippen molar-refractivity contribution in [1.29, 1.82) is 0 Å². The fourth-order valence-corrected chi connectivity index (χ4v) is 4.23. The van der Waals surface area contributed by atoms with Gasteiger partial charge in [0.2, 0.25) is 5.91 Å². The van der Waals surface area contributed by atoms with E-state index < -0.39 is 22.7 Å². The number of nitrogens with one attached hydrogen (secondary N) is 1. The molecule has 4 rings (SSSR count). The number of ketones is 1. The van der Waals surface area contributed by atoms with Gasteiger partial charge in [-0.1, -0.05) is 11.6 Å². The van der Waals surface area contributed by atoms with Crippen LogP contribution in [0.3, 0.4) is 0 Å². The van der Waals surface area contributed by atoms with Crippen LogP contribution in [0.5, 0.6) is 11.5 Å². The number of rotatable bonds is 5. The molecule has 0 radical (unpaired) electrons. The van der Waals surface area contributed by atoms with Crippen LogP contribution < -0.4 is 14.8 Å². The van der Waals surface area contributed by atoms with E-state index in [9.17, 15) is 22.8 Å². The fourth-order valence-electron chi connectivity index (χ4n) is 4.01. The Balaban J connectivity index is 1.30. The van der Waals surface area contributed by atoms with E-state index >= 15 is 0 Å². The average Bonchev–Trinajstić information content (AvgIpc) is 2.79. The minimum atomic E-state index is -4.61. The number of alkyl halides is 3. The zero-order valence-electron chi connectivity index (χ0n) is 17.6. The number of Topliss-reactive ketones (excluding diaryl/α,β-unsaturated/α-hetero) is 1. The minimum absolute atomic E-state index is 0.0227. The van der Waals surface area contributed by atoms with Gasteiger partial charge in [0.15, 0.2) is 17.3 Å². The van der Waals surface area contributed by atoms with Gasteiger partial charge in [-0.05, 0) is 62.3 Å². The molecule has 2 aromatic carbocycles. The number of amides is 1. The van der Waals surface area contributed by atoms with Crippen LogP contribution in [0.4, 0.5) is 18.9 Å². The highest BCUT2D eigenvalue weighted by atomic mass is 35.5. The van der Waals surface area contributed by atoms with E-state index in [2.05, 4.69) is 5.32 Å². The van der Waals surface area contributed by atoms with E-state index in [1.54, 1.807) is 18.2 Å². The Kier molecular flexibility index (Phi) is 6.81. The number of fused-ring (bicyclic) bond motifs is 1. The Bertz CT molecular complexity index is 1050. The van der Waals surface area contributed by atoms with Crippen LogP contribution in [0.25, 0.3) is 0 Å². The number of carbonyl (C=O) groups excluding carboxylic acids is 2. The SMILES string of the molecule is O=C(CN1CCC(C(=O)c2ccc3c(c2)OCCO3)CC1)Nc1ccc(Cl)c(C(F)(F)F)c1. The van der Waals surface area contributed by atoms with E-state index in [4.69, 9.17) is 21.1 Å². The third-order valence-corrected chi connectivity index (χ3v) is 6.04. The van der Waals surface area contributed by atoms with Crippen LogP contribution in [0.2, 0.25) is 5.02 Å². The number of ether oxygens (including phenoxy) is 2. The van der Waals surface area contributed by atoms with E-state index in [0.717, 1.165) is 12.1 Å².